The van der Waals surface area contributed by atoms with Crippen LogP contribution in [-0.2, 0) is 22.6 Å². The number of likely N-dealkylation sites (N-methyl/N-ethyl adjacent to an activating group) is 1. The quantitative estimate of drug-likeness (QED) is 0.351. The lowest BCUT2D eigenvalue weighted by molar-refractivity contribution is -0.255. The molecule has 2 heterocycles. The van der Waals surface area contributed by atoms with Gasteiger partial charge in [0.15, 0.2) is 11.3 Å². The smallest absolute Gasteiger partial charge is 0.369 e. The molecule has 0 bridgehead atoms. The molecule has 0 saturated carbocycles. The molecule has 14 heteroatoms. The van der Waals surface area contributed by atoms with E-state index < -0.39 is 11.8 Å². The molecule has 0 unspecified atom stereocenters. The molecule has 198 valence electrons. The first-order valence-corrected chi connectivity index (χ1v) is 10.9. The number of nitrogens with zero attached hydrogens (tertiary/aromatic N) is 4. The van der Waals surface area contributed by atoms with Gasteiger partial charge in [0.25, 0.3) is 5.91 Å². The highest BCUT2D eigenvalue weighted by molar-refractivity contribution is 5.92. The predicted octanol–water partition coefficient (Wildman–Crippen LogP) is 2.34. The third-order valence-corrected chi connectivity index (χ3v) is 5.26. The largest absolute Gasteiger partial charge is 0.416 e. The van der Waals surface area contributed by atoms with E-state index in [9.17, 15) is 22.8 Å². The fourth-order valence-electron chi connectivity index (χ4n) is 2.75. The zero-order valence-electron chi connectivity index (χ0n) is 20.7. The van der Waals surface area contributed by atoms with Crippen LogP contribution in [0.5, 0.6) is 0 Å². The number of aromatic nitrogens is 4. The molecular weight excluding hydrogens is 483 g/mol. The summed E-state index contributed by atoms with van der Waals surface area (Å²) < 4.78 is 43.8. The highest BCUT2D eigenvalue weighted by Gasteiger charge is 2.47. The number of alkyl halides is 3. The van der Waals surface area contributed by atoms with E-state index in [1.807, 2.05) is 25.2 Å². The van der Waals surface area contributed by atoms with E-state index >= 15 is 0 Å². The van der Waals surface area contributed by atoms with E-state index in [1.54, 1.807) is 11.8 Å². The number of fused-ring (bicyclic) bond motifs is 1. The Morgan fingerprint density at radius 3 is 2.53 bits per heavy atom. The number of H-pyrrole nitrogens is 1. The minimum absolute atomic E-state index is 0.156. The van der Waals surface area contributed by atoms with Gasteiger partial charge >= 0.3 is 6.18 Å². The van der Waals surface area contributed by atoms with Gasteiger partial charge in [-0.15, -0.1) is 0 Å². The van der Waals surface area contributed by atoms with Gasteiger partial charge in [-0.25, -0.2) is 9.61 Å². The number of amides is 2. The average molecular weight is 514 g/mol. The summed E-state index contributed by atoms with van der Waals surface area (Å²) in [5.41, 5.74) is 1.19. The van der Waals surface area contributed by atoms with Crippen molar-refractivity contribution in [2.24, 2.45) is 0 Å². The number of ether oxygens (including phenoxy) is 1. The van der Waals surface area contributed by atoms with Crippen LogP contribution in [0.2, 0.25) is 0 Å². The summed E-state index contributed by atoms with van der Waals surface area (Å²) in [4.78, 5) is 32.6. The molecule has 0 spiro atoms. The molecule has 0 aliphatic carbocycles. The Labute approximate surface area is 205 Å². The Balaban J connectivity index is 0.000000434. The second-order valence-corrected chi connectivity index (χ2v) is 8.31. The van der Waals surface area contributed by atoms with Crippen LogP contribution in [0.3, 0.4) is 0 Å². The number of hydrogen-bond acceptors (Lipinski definition) is 8. The van der Waals surface area contributed by atoms with Crippen molar-refractivity contribution in [3.05, 3.63) is 41.0 Å². The number of methoxy groups -OCH3 is 1. The number of nitrogens with one attached hydrogen (secondary N) is 3. The molecule has 1 aromatic carbocycles. The van der Waals surface area contributed by atoms with E-state index in [2.05, 4.69) is 40.3 Å². The molecule has 0 aliphatic heterocycles. The lowest BCUT2D eigenvalue weighted by Gasteiger charge is -2.25. The summed E-state index contributed by atoms with van der Waals surface area (Å²) in [5.74, 6) is 0.244. The summed E-state index contributed by atoms with van der Waals surface area (Å²) >= 11 is 0. The third kappa shape index (κ3) is 7.75. The maximum atomic E-state index is 12.1. The Kier molecular flexibility index (Phi) is 9.93. The lowest BCUT2D eigenvalue weighted by Crippen LogP contribution is -2.40. The molecule has 0 atom stereocenters. The standard InChI is InChI=1S/C17H21N7O3.C5H9F3O/c1-11-16(23-27-22-11)17(26)19-8-15-20-13-4-3-12(7-14(13)21-15)9-24(10-25)6-5-18-2;1-4(2,9-3)5(6,7)8/h3-4,7,10,18H,5-6,8-9H2,1-2H3,(H,19,26)(H,20,21);1-3H3. The summed E-state index contributed by atoms with van der Waals surface area (Å²) in [6.07, 6.45) is -3.43. The molecule has 2 amide bonds. The second kappa shape index (κ2) is 12.4. The van der Waals surface area contributed by atoms with Crippen molar-refractivity contribution in [2.75, 3.05) is 27.2 Å². The van der Waals surface area contributed by atoms with Crippen LogP contribution >= 0.6 is 0 Å². The number of rotatable bonds is 10. The molecule has 0 radical (unpaired) electrons. The average Bonchev–Trinajstić information content (AvgIpc) is 3.45. The zero-order valence-corrected chi connectivity index (χ0v) is 20.7. The summed E-state index contributed by atoms with van der Waals surface area (Å²) in [6.45, 7) is 5.71. The van der Waals surface area contributed by atoms with Crippen LogP contribution in [-0.4, -0.2) is 76.5 Å². The minimum Gasteiger partial charge on any atom is -0.369 e. The second-order valence-electron chi connectivity index (χ2n) is 8.31. The number of carbonyl (C=O) groups excluding carboxylic acids is 2. The number of imidazole rings is 1. The van der Waals surface area contributed by atoms with Gasteiger partial charge in [-0.1, -0.05) is 11.2 Å². The monoisotopic (exact) mass is 513 g/mol. The maximum absolute atomic E-state index is 12.1. The van der Waals surface area contributed by atoms with E-state index in [4.69, 9.17) is 0 Å². The van der Waals surface area contributed by atoms with Gasteiger partial charge in [-0.05, 0) is 50.7 Å². The fourth-order valence-corrected chi connectivity index (χ4v) is 2.75. The number of benzene rings is 1. The number of aryl methyl sites for hydroxylation is 1. The van der Waals surface area contributed by atoms with Crippen LogP contribution in [0.4, 0.5) is 13.2 Å². The van der Waals surface area contributed by atoms with Crippen LogP contribution in [0.1, 0.15) is 41.4 Å². The van der Waals surface area contributed by atoms with Crippen molar-refractivity contribution in [3.63, 3.8) is 0 Å². The molecule has 3 rings (SSSR count). The lowest BCUT2D eigenvalue weighted by atomic mass is 10.1. The Morgan fingerprint density at radius 1 is 1.28 bits per heavy atom. The van der Waals surface area contributed by atoms with Crippen LogP contribution in [0, 0.1) is 6.92 Å². The van der Waals surface area contributed by atoms with Crippen molar-refractivity contribution < 1.29 is 32.1 Å². The van der Waals surface area contributed by atoms with Crippen molar-refractivity contribution in [1.82, 2.24) is 35.8 Å². The summed E-state index contributed by atoms with van der Waals surface area (Å²) in [7, 11) is 2.88. The number of halogens is 3. The van der Waals surface area contributed by atoms with Crippen molar-refractivity contribution in [3.8, 4) is 0 Å². The molecular formula is C22H30F3N7O4. The SMILES string of the molecule is CNCCN(C=O)Cc1ccc2nc(CNC(=O)c3nonc3C)[nH]c2c1.COC(C)(C)C(F)(F)F. The Morgan fingerprint density at radius 2 is 2.00 bits per heavy atom. The first-order chi connectivity index (χ1) is 16.9. The molecule has 0 saturated heterocycles. The highest BCUT2D eigenvalue weighted by Crippen LogP contribution is 2.31. The van der Waals surface area contributed by atoms with Gasteiger partial charge in [-0.3, -0.25) is 9.59 Å². The molecule has 0 aliphatic rings. The molecule has 3 N–H and O–H groups in total. The summed E-state index contributed by atoms with van der Waals surface area (Å²) in [6, 6.07) is 5.78. The van der Waals surface area contributed by atoms with Gasteiger partial charge < -0.3 is 25.3 Å². The van der Waals surface area contributed by atoms with Crippen LogP contribution < -0.4 is 10.6 Å². The molecule has 11 nitrogen and oxygen atoms in total. The number of aromatic amines is 1. The van der Waals surface area contributed by atoms with E-state index in [1.165, 1.54) is 0 Å². The van der Waals surface area contributed by atoms with Gasteiger partial charge in [0.2, 0.25) is 6.41 Å². The zero-order chi connectivity index (χ0) is 26.9. The van der Waals surface area contributed by atoms with Crippen molar-refractivity contribution in [1.29, 1.82) is 0 Å². The highest BCUT2D eigenvalue weighted by atomic mass is 19.4. The number of hydrogen-bond donors (Lipinski definition) is 3. The van der Waals surface area contributed by atoms with Crippen molar-refractivity contribution in [2.45, 2.75) is 45.6 Å². The summed E-state index contributed by atoms with van der Waals surface area (Å²) in [5, 5.41) is 12.9. The minimum atomic E-state index is -4.28. The molecule has 0 fully saturated rings. The maximum Gasteiger partial charge on any atom is 0.416 e. The normalized spacial score (nSPS) is 11.7. The first kappa shape index (κ1) is 28.7. The fraction of sp³-hybridized carbons (Fsp3) is 0.500. The first-order valence-electron chi connectivity index (χ1n) is 10.9. The molecule has 3 aromatic rings. The topological polar surface area (TPSA) is 138 Å². The molecule has 2 aromatic heterocycles. The third-order valence-electron chi connectivity index (χ3n) is 5.26. The van der Waals surface area contributed by atoms with Gasteiger partial charge in [-0.2, -0.15) is 13.2 Å². The van der Waals surface area contributed by atoms with E-state index in [0.717, 1.165) is 50.5 Å². The van der Waals surface area contributed by atoms with Crippen LogP contribution in [0.15, 0.2) is 22.8 Å². The Hall–Kier alpha value is -3.52. The Bertz CT molecular complexity index is 1140. The molecule has 36 heavy (non-hydrogen) atoms. The van der Waals surface area contributed by atoms with E-state index in [-0.39, 0.29) is 18.1 Å². The van der Waals surface area contributed by atoms with Gasteiger partial charge in [0.1, 0.15) is 11.5 Å². The van der Waals surface area contributed by atoms with Crippen LogP contribution in [0.25, 0.3) is 11.0 Å². The number of carbonyl (C=O) groups is 2. The predicted molar refractivity (Wildman–Crippen MR) is 124 cm³/mol. The van der Waals surface area contributed by atoms with Gasteiger partial charge in [0.05, 0.1) is 17.6 Å². The van der Waals surface area contributed by atoms with Gasteiger partial charge in [0, 0.05) is 26.7 Å². The van der Waals surface area contributed by atoms with Crippen molar-refractivity contribution >= 4 is 23.4 Å². The van der Waals surface area contributed by atoms with E-state index in [0.29, 0.717) is 24.6 Å².